The topological polar surface area (TPSA) is 33.1 Å². The van der Waals surface area contributed by atoms with Crippen LogP contribution in [-0.4, -0.2) is 10.1 Å². The Kier molecular flexibility index (Phi) is 2.97. The lowest BCUT2D eigenvalue weighted by atomic mass is 10.00. The molecule has 0 saturated heterocycles. The lowest BCUT2D eigenvalue weighted by Crippen LogP contribution is -2.00. The summed E-state index contributed by atoms with van der Waals surface area (Å²) in [5.41, 5.74) is 2.06. The Bertz CT molecular complexity index is 727. The maximum absolute atomic E-state index is 13.2. The second kappa shape index (κ2) is 4.78. The third-order valence-electron chi connectivity index (χ3n) is 3.11. The predicted molar refractivity (Wildman–Crippen MR) is 72.2 cm³/mol. The number of pyridine rings is 1. The van der Waals surface area contributed by atoms with Gasteiger partial charge in [-0.1, -0.05) is 30.3 Å². The summed E-state index contributed by atoms with van der Waals surface area (Å²) in [6, 6.07) is 15.4. The van der Waals surface area contributed by atoms with Crippen LogP contribution < -0.4 is 0 Å². The van der Waals surface area contributed by atoms with E-state index in [9.17, 15) is 9.50 Å². The van der Waals surface area contributed by atoms with Crippen molar-refractivity contribution in [3.8, 4) is 0 Å². The molecule has 3 rings (SSSR count). The van der Waals surface area contributed by atoms with Crippen molar-refractivity contribution in [3.05, 3.63) is 77.7 Å². The van der Waals surface area contributed by atoms with Crippen LogP contribution in [0.3, 0.4) is 0 Å². The van der Waals surface area contributed by atoms with Gasteiger partial charge in [-0.15, -0.1) is 0 Å². The first-order valence-electron chi connectivity index (χ1n) is 6.02. The molecule has 0 aliphatic heterocycles. The number of halogens is 1. The van der Waals surface area contributed by atoms with Crippen LogP contribution in [0.25, 0.3) is 10.9 Å². The molecule has 2 aromatic carbocycles. The number of aliphatic hydroxyl groups is 1. The lowest BCUT2D eigenvalue weighted by Gasteiger charge is -2.12. The summed E-state index contributed by atoms with van der Waals surface area (Å²) in [7, 11) is 0. The first-order valence-corrected chi connectivity index (χ1v) is 6.02. The van der Waals surface area contributed by atoms with E-state index in [4.69, 9.17) is 0 Å². The highest BCUT2D eigenvalue weighted by Gasteiger charge is 2.11. The van der Waals surface area contributed by atoms with Gasteiger partial charge in [0.05, 0.1) is 5.52 Å². The first kappa shape index (κ1) is 11.8. The van der Waals surface area contributed by atoms with Crippen molar-refractivity contribution in [1.82, 2.24) is 4.98 Å². The minimum atomic E-state index is -0.845. The molecule has 0 fully saturated rings. The molecule has 94 valence electrons. The third-order valence-corrected chi connectivity index (χ3v) is 3.11. The van der Waals surface area contributed by atoms with E-state index in [0.29, 0.717) is 11.1 Å². The van der Waals surface area contributed by atoms with Crippen LogP contribution in [0.5, 0.6) is 0 Å². The van der Waals surface area contributed by atoms with Gasteiger partial charge >= 0.3 is 0 Å². The number of nitrogens with zero attached hydrogens (tertiary/aromatic N) is 1. The van der Waals surface area contributed by atoms with Crippen molar-refractivity contribution in [3.63, 3.8) is 0 Å². The summed E-state index contributed by atoms with van der Waals surface area (Å²) in [5.74, 6) is -0.351. The molecule has 0 aliphatic carbocycles. The van der Waals surface area contributed by atoms with Gasteiger partial charge in [0.1, 0.15) is 11.9 Å². The molecule has 1 unspecified atom stereocenters. The first-order chi connectivity index (χ1) is 9.24. The van der Waals surface area contributed by atoms with E-state index in [0.717, 1.165) is 10.9 Å². The molecule has 3 aromatic rings. The van der Waals surface area contributed by atoms with Crippen molar-refractivity contribution in [2.75, 3.05) is 0 Å². The molecular formula is C16H12FNO. The molecule has 0 radical (unpaired) electrons. The number of benzene rings is 2. The third kappa shape index (κ3) is 2.33. The normalized spacial score (nSPS) is 12.5. The number of fused-ring (bicyclic) bond motifs is 1. The van der Waals surface area contributed by atoms with Gasteiger partial charge in [-0.2, -0.15) is 0 Å². The Labute approximate surface area is 110 Å². The highest BCUT2D eigenvalue weighted by molar-refractivity contribution is 5.79. The Hall–Kier alpha value is -2.26. The largest absolute Gasteiger partial charge is 0.384 e. The van der Waals surface area contributed by atoms with Crippen molar-refractivity contribution >= 4 is 10.9 Å². The molecule has 0 bridgehead atoms. The maximum atomic E-state index is 13.2. The molecular weight excluding hydrogens is 241 g/mol. The second-order valence-electron chi connectivity index (χ2n) is 4.41. The zero-order valence-corrected chi connectivity index (χ0v) is 10.1. The molecule has 0 saturated carbocycles. The summed E-state index contributed by atoms with van der Waals surface area (Å²) >= 11 is 0. The highest BCUT2D eigenvalue weighted by atomic mass is 19.1. The monoisotopic (exact) mass is 253 g/mol. The van der Waals surface area contributed by atoms with E-state index < -0.39 is 6.10 Å². The van der Waals surface area contributed by atoms with Gasteiger partial charge in [0.15, 0.2) is 0 Å². The van der Waals surface area contributed by atoms with Crippen LogP contribution in [0.2, 0.25) is 0 Å². The molecule has 1 aromatic heterocycles. The molecule has 3 heteroatoms. The Morgan fingerprint density at radius 3 is 2.63 bits per heavy atom. The van der Waals surface area contributed by atoms with Crippen LogP contribution in [-0.2, 0) is 0 Å². The van der Waals surface area contributed by atoms with Crippen LogP contribution in [0.1, 0.15) is 17.2 Å². The van der Waals surface area contributed by atoms with Gasteiger partial charge in [-0.05, 0) is 35.4 Å². The molecule has 0 amide bonds. The Balaban J connectivity index is 2.04. The quantitative estimate of drug-likeness (QED) is 0.758. The van der Waals surface area contributed by atoms with E-state index in [1.807, 2.05) is 30.3 Å². The van der Waals surface area contributed by atoms with Crippen molar-refractivity contribution in [2.45, 2.75) is 6.10 Å². The maximum Gasteiger partial charge on any atom is 0.123 e. The summed E-state index contributed by atoms with van der Waals surface area (Å²) in [5, 5.41) is 11.3. The van der Waals surface area contributed by atoms with E-state index >= 15 is 0 Å². The number of hydrogen-bond acceptors (Lipinski definition) is 2. The Morgan fingerprint density at radius 1 is 0.947 bits per heavy atom. The average Bonchev–Trinajstić information content (AvgIpc) is 2.46. The molecule has 1 N–H and O–H groups in total. The lowest BCUT2D eigenvalue weighted by molar-refractivity contribution is 0.220. The number of aliphatic hydroxyl groups excluding tert-OH is 1. The summed E-state index contributed by atoms with van der Waals surface area (Å²) < 4.78 is 13.2. The van der Waals surface area contributed by atoms with Gasteiger partial charge in [-0.25, -0.2) is 4.39 Å². The molecule has 2 nitrogen and oxygen atoms in total. The van der Waals surface area contributed by atoms with Crippen molar-refractivity contribution < 1.29 is 9.50 Å². The smallest absolute Gasteiger partial charge is 0.123 e. The van der Waals surface area contributed by atoms with E-state index in [1.54, 1.807) is 18.3 Å². The van der Waals surface area contributed by atoms with E-state index in [-0.39, 0.29) is 5.82 Å². The molecule has 1 heterocycles. The van der Waals surface area contributed by atoms with E-state index in [1.165, 1.54) is 12.1 Å². The van der Waals surface area contributed by atoms with Gasteiger partial charge in [0.25, 0.3) is 0 Å². The minimum absolute atomic E-state index is 0.351. The SMILES string of the molecule is OC(c1cccc(F)c1)c1ccc2cccnc2c1. The standard InChI is InChI=1S/C16H12FNO/c17-14-5-1-3-12(9-14)16(19)13-7-6-11-4-2-8-18-15(11)10-13/h1-10,16,19H. The zero-order valence-electron chi connectivity index (χ0n) is 10.1. The highest BCUT2D eigenvalue weighted by Crippen LogP contribution is 2.24. The number of aromatic nitrogens is 1. The predicted octanol–water partition coefficient (Wildman–Crippen LogP) is 3.46. The molecule has 0 spiro atoms. The van der Waals surface area contributed by atoms with Crippen molar-refractivity contribution in [2.24, 2.45) is 0 Å². The molecule has 19 heavy (non-hydrogen) atoms. The van der Waals surface area contributed by atoms with Crippen LogP contribution in [0.4, 0.5) is 4.39 Å². The summed E-state index contributed by atoms with van der Waals surface area (Å²) in [6.45, 7) is 0. The fourth-order valence-electron chi connectivity index (χ4n) is 2.12. The van der Waals surface area contributed by atoms with Crippen LogP contribution >= 0.6 is 0 Å². The summed E-state index contributed by atoms with van der Waals surface area (Å²) in [6.07, 6.45) is 0.864. The van der Waals surface area contributed by atoms with Gasteiger partial charge < -0.3 is 5.11 Å². The number of rotatable bonds is 2. The minimum Gasteiger partial charge on any atom is -0.384 e. The van der Waals surface area contributed by atoms with Crippen molar-refractivity contribution in [1.29, 1.82) is 0 Å². The Morgan fingerprint density at radius 2 is 1.79 bits per heavy atom. The zero-order chi connectivity index (χ0) is 13.2. The number of hydrogen-bond donors (Lipinski definition) is 1. The van der Waals surface area contributed by atoms with Gasteiger partial charge in [0.2, 0.25) is 0 Å². The molecule has 1 atom stereocenters. The summed E-state index contributed by atoms with van der Waals surface area (Å²) in [4.78, 5) is 4.25. The van der Waals surface area contributed by atoms with Crippen LogP contribution in [0.15, 0.2) is 60.8 Å². The van der Waals surface area contributed by atoms with Gasteiger partial charge in [0, 0.05) is 11.6 Å². The average molecular weight is 253 g/mol. The fourth-order valence-corrected chi connectivity index (χ4v) is 2.12. The van der Waals surface area contributed by atoms with E-state index in [2.05, 4.69) is 4.98 Å². The second-order valence-corrected chi connectivity index (χ2v) is 4.41. The van der Waals surface area contributed by atoms with Gasteiger partial charge in [-0.3, -0.25) is 4.98 Å². The van der Waals surface area contributed by atoms with Crippen LogP contribution in [0, 0.1) is 5.82 Å². The fraction of sp³-hybridized carbons (Fsp3) is 0.0625. The molecule has 0 aliphatic rings.